The Labute approximate surface area is 155 Å². The van der Waals surface area contributed by atoms with Crippen molar-refractivity contribution in [3.8, 4) is 22.5 Å². The number of hydrogen-bond acceptors (Lipinski definition) is 4. The molecule has 0 aliphatic heterocycles. The minimum Gasteiger partial charge on any atom is -0.369 e. The second-order valence-corrected chi connectivity index (χ2v) is 7.07. The summed E-state index contributed by atoms with van der Waals surface area (Å²) in [6.07, 6.45) is 7.09. The topological polar surface area (TPSA) is 102 Å². The number of carbonyl (C=O) groups is 1. The average Bonchev–Trinajstić information content (AvgIpc) is 3.19. The van der Waals surface area contributed by atoms with E-state index in [1.54, 1.807) is 17.1 Å². The number of nitrogens with two attached hydrogens (primary N) is 1. The summed E-state index contributed by atoms with van der Waals surface area (Å²) in [6.45, 7) is 0. The molecular formula is C20H18N6O. The van der Waals surface area contributed by atoms with Crippen LogP contribution in [0.1, 0.15) is 18.4 Å². The molecule has 27 heavy (non-hydrogen) atoms. The molecule has 3 heterocycles. The predicted molar refractivity (Wildman–Crippen MR) is 102 cm³/mol. The highest BCUT2D eigenvalue weighted by molar-refractivity contribution is 5.92. The van der Waals surface area contributed by atoms with Crippen LogP contribution < -0.4 is 5.73 Å². The second kappa shape index (κ2) is 5.51. The minimum atomic E-state index is -0.465. The van der Waals surface area contributed by atoms with Gasteiger partial charge in [0, 0.05) is 25.0 Å². The Morgan fingerprint density at radius 1 is 1.19 bits per heavy atom. The zero-order chi connectivity index (χ0) is 18.6. The van der Waals surface area contributed by atoms with Crippen LogP contribution in [0.3, 0.4) is 0 Å². The molecule has 7 heteroatoms. The van der Waals surface area contributed by atoms with Gasteiger partial charge in [0.05, 0.1) is 22.7 Å². The Kier molecular flexibility index (Phi) is 3.21. The molecule has 5 rings (SSSR count). The Hall–Kier alpha value is -3.48. The van der Waals surface area contributed by atoms with Gasteiger partial charge in [0.1, 0.15) is 5.82 Å². The van der Waals surface area contributed by atoms with Gasteiger partial charge in [-0.25, -0.2) is 9.97 Å². The van der Waals surface area contributed by atoms with Gasteiger partial charge < -0.3 is 10.7 Å². The summed E-state index contributed by atoms with van der Waals surface area (Å²) in [5.41, 5.74) is 10.6. The van der Waals surface area contributed by atoms with E-state index in [9.17, 15) is 4.79 Å². The van der Waals surface area contributed by atoms with Crippen LogP contribution in [-0.4, -0.2) is 30.6 Å². The molecule has 1 aliphatic rings. The van der Waals surface area contributed by atoms with Crippen molar-refractivity contribution in [3.05, 3.63) is 54.5 Å². The first-order valence-corrected chi connectivity index (χ1v) is 8.81. The largest absolute Gasteiger partial charge is 0.369 e. The molecule has 1 aliphatic carbocycles. The Balaban J connectivity index is 1.57. The van der Waals surface area contributed by atoms with Gasteiger partial charge in [-0.3, -0.25) is 9.48 Å². The van der Waals surface area contributed by atoms with Crippen molar-refractivity contribution in [2.24, 2.45) is 12.8 Å². The van der Waals surface area contributed by atoms with Crippen molar-refractivity contribution < 1.29 is 4.79 Å². The molecular weight excluding hydrogens is 340 g/mol. The quantitative estimate of drug-likeness (QED) is 0.585. The zero-order valence-electron chi connectivity index (χ0n) is 14.8. The van der Waals surface area contributed by atoms with Gasteiger partial charge in [-0.15, -0.1) is 0 Å². The van der Waals surface area contributed by atoms with Crippen molar-refractivity contribution in [1.82, 2.24) is 24.7 Å². The molecule has 1 fully saturated rings. The highest BCUT2D eigenvalue weighted by Gasteiger charge is 2.49. The Morgan fingerprint density at radius 3 is 2.59 bits per heavy atom. The SMILES string of the molecule is Cn1cc(-c2nc3nccc(-c4ccc(C5(C(N)=O)CC5)cc4)c3[nH]2)cn1. The van der Waals surface area contributed by atoms with Crippen LogP contribution in [0.5, 0.6) is 0 Å². The van der Waals surface area contributed by atoms with Crippen LogP contribution in [-0.2, 0) is 17.3 Å². The molecule has 0 radical (unpaired) electrons. The lowest BCUT2D eigenvalue weighted by Crippen LogP contribution is -2.28. The number of fused-ring (bicyclic) bond motifs is 1. The van der Waals surface area contributed by atoms with Crippen molar-refractivity contribution in [1.29, 1.82) is 0 Å². The number of pyridine rings is 1. The molecule has 4 aromatic rings. The number of nitrogens with zero attached hydrogens (tertiary/aromatic N) is 4. The number of imidazole rings is 1. The smallest absolute Gasteiger partial charge is 0.228 e. The first-order chi connectivity index (χ1) is 13.1. The van der Waals surface area contributed by atoms with Crippen molar-refractivity contribution >= 4 is 17.1 Å². The van der Waals surface area contributed by atoms with Gasteiger partial charge in [-0.05, 0) is 30.0 Å². The Bertz CT molecular complexity index is 1170. The monoisotopic (exact) mass is 358 g/mol. The summed E-state index contributed by atoms with van der Waals surface area (Å²) in [5.74, 6) is 0.497. The first kappa shape index (κ1) is 15.7. The summed E-state index contributed by atoms with van der Waals surface area (Å²) in [7, 11) is 1.87. The maximum absolute atomic E-state index is 11.7. The number of benzene rings is 1. The zero-order valence-corrected chi connectivity index (χ0v) is 14.8. The van der Waals surface area contributed by atoms with Crippen LogP contribution in [0.25, 0.3) is 33.7 Å². The van der Waals surface area contributed by atoms with E-state index < -0.39 is 5.41 Å². The molecule has 3 aromatic heterocycles. The molecule has 134 valence electrons. The minimum absolute atomic E-state index is 0.240. The molecule has 1 saturated carbocycles. The molecule has 0 atom stereocenters. The van der Waals surface area contributed by atoms with Crippen LogP contribution in [0.4, 0.5) is 0 Å². The van der Waals surface area contributed by atoms with E-state index in [-0.39, 0.29) is 5.91 Å². The molecule has 7 nitrogen and oxygen atoms in total. The van der Waals surface area contributed by atoms with Crippen LogP contribution in [0.2, 0.25) is 0 Å². The summed E-state index contributed by atoms with van der Waals surface area (Å²) in [6, 6.07) is 10.0. The Morgan fingerprint density at radius 2 is 1.96 bits per heavy atom. The highest BCUT2D eigenvalue weighted by atomic mass is 16.1. The van der Waals surface area contributed by atoms with Crippen LogP contribution in [0, 0.1) is 0 Å². The maximum atomic E-state index is 11.7. The molecule has 0 unspecified atom stereocenters. The van der Waals surface area contributed by atoms with Crippen molar-refractivity contribution in [2.45, 2.75) is 18.3 Å². The summed E-state index contributed by atoms with van der Waals surface area (Å²) in [4.78, 5) is 24.1. The highest BCUT2D eigenvalue weighted by Crippen LogP contribution is 2.48. The number of rotatable bonds is 4. The van der Waals surface area contributed by atoms with Gasteiger partial charge in [0.2, 0.25) is 5.91 Å². The molecule has 0 bridgehead atoms. The second-order valence-electron chi connectivity index (χ2n) is 7.07. The van der Waals surface area contributed by atoms with Crippen LogP contribution in [0.15, 0.2) is 48.9 Å². The summed E-state index contributed by atoms with van der Waals surface area (Å²) >= 11 is 0. The number of H-pyrrole nitrogens is 1. The number of amides is 1. The number of hydrogen-bond donors (Lipinski definition) is 2. The van der Waals surface area contributed by atoms with Crippen molar-refractivity contribution in [3.63, 3.8) is 0 Å². The number of carbonyl (C=O) groups excluding carboxylic acids is 1. The number of aromatic amines is 1. The third-order valence-electron chi connectivity index (χ3n) is 5.34. The fraction of sp³-hybridized carbons (Fsp3) is 0.200. The van der Waals surface area contributed by atoms with E-state index in [1.165, 1.54) is 0 Å². The van der Waals surface area contributed by atoms with Gasteiger partial charge in [-0.1, -0.05) is 24.3 Å². The first-order valence-electron chi connectivity index (χ1n) is 8.81. The van der Waals surface area contributed by atoms with Gasteiger partial charge in [0.25, 0.3) is 0 Å². The van der Waals surface area contributed by atoms with Gasteiger partial charge in [0.15, 0.2) is 5.65 Å². The normalized spacial score (nSPS) is 15.1. The lowest BCUT2D eigenvalue weighted by atomic mass is 9.93. The third kappa shape index (κ3) is 2.43. The number of primary amides is 1. The van der Waals surface area contributed by atoms with Crippen LogP contribution >= 0.6 is 0 Å². The lowest BCUT2D eigenvalue weighted by molar-refractivity contribution is -0.120. The van der Waals surface area contributed by atoms with E-state index in [0.29, 0.717) is 5.65 Å². The van der Waals surface area contributed by atoms with Gasteiger partial charge in [-0.2, -0.15) is 5.10 Å². The van der Waals surface area contributed by atoms with E-state index in [4.69, 9.17) is 5.73 Å². The number of aryl methyl sites for hydroxylation is 1. The van der Waals surface area contributed by atoms with Crippen molar-refractivity contribution in [2.75, 3.05) is 0 Å². The molecule has 1 amide bonds. The third-order valence-corrected chi connectivity index (χ3v) is 5.34. The maximum Gasteiger partial charge on any atom is 0.228 e. The van der Waals surface area contributed by atoms with E-state index >= 15 is 0 Å². The predicted octanol–water partition coefficient (Wildman–Crippen LogP) is 2.54. The van der Waals surface area contributed by atoms with E-state index in [1.807, 2.05) is 43.6 Å². The fourth-order valence-electron chi connectivity index (χ4n) is 3.60. The average molecular weight is 358 g/mol. The fourth-order valence-corrected chi connectivity index (χ4v) is 3.60. The van der Waals surface area contributed by atoms with E-state index in [2.05, 4.69) is 20.1 Å². The number of aromatic nitrogens is 5. The van der Waals surface area contributed by atoms with Gasteiger partial charge >= 0.3 is 0 Å². The standard InChI is InChI=1S/C20H18N6O/c1-26-11-13(10-23-26)17-24-16-15(6-9-22-18(16)25-17)12-2-4-14(5-3-12)20(7-8-20)19(21)27/h2-6,9-11H,7-8H2,1H3,(H2,21,27)(H,22,24,25). The molecule has 0 saturated heterocycles. The molecule has 1 aromatic carbocycles. The molecule has 3 N–H and O–H groups in total. The van der Waals surface area contributed by atoms with E-state index in [0.717, 1.165) is 46.4 Å². The number of nitrogens with one attached hydrogen (secondary N) is 1. The molecule has 0 spiro atoms. The summed E-state index contributed by atoms with van der Waals surface area (Å²) < 4.78 is 1.74. The lowest BCUT2D eigenvalue weighted by Gasteiger charge is -2.12. The summed E-state index contributed by atoms with van der Waals surface area (Å²) in [5, 5.41) is 4.20.